The Labute approximate surface area is 111 Å². The van der Waals surface area contributed by atoms with Gasteiger partial charge in [0.25, 0.3) is 0 Å². The minimum atomic E-state index is -0.495. The van der Waals surface area contributed by atoms with Crippen LogP contribution in [0.5, 0.6) is 0 Å². The van der Waals surface area contributed by atoms with Crippen molar-refractivity contribution in [1.29, 1.82) is 0 Å². The fraction of sp³-hybridized carbons (Fsp3) is 0.385. The van der Waals surface area contributed by atoms with E-state index in [0.29, 0.717) is 12.4 Å². The van der Waals surface area contributed by atoms with E-state index in [1.54, 1.807) is 0 Å². The number of fused-ring (bicyclic) bond motifs is 1. The lowest BCUT2D eigenvalue weighted by atomic mass is 10.1. The molecule has 0 atom stereocenters. The van der Waals surface area contributed by atoms with Gasteiger partial charge < -0.3 is 15.8 Å². The monoisotopic (exact) mass is 262 g/mol. The number of hydrogen-bond donors (Lipinski definition) is 3. The number of hydrogen-bond acceptors (Lipinski definition) is 4. The molecule has 2 rings (SSSR count). The molecule has 102 valence electrons. The first-order valence-corrected chi connectivity index (χ1v) is 6.04. The summed E-state index contributed by atoms with van der Waals surface area (Å²) in [6.45, 7) is 5.86. The molecule has 6 heteroatoms. The normalized spacial score (nSPS) is 11.5. The van der Waals surface area contributed by atoms with Crippen molar-refractivity contribution in [2.24, 2.45) is 0 Å². The van der Waals surface area contributed by atoms with Gasteiger partial charge in [0.1, 0.15) is 11.4 Å². The molecule has 2 aromatic rings. The van der Waals surface area contributed by atoms with E-state index in [1.165, 1.54) is 0 Å². The average molecular weight is 262 g/mol. The number of carbonyl (C=O) groups is 1. The minimum absolute atomic E-state index is 0.387. The first kappa shape index (κ1) is 13.2. The molecule has 0 aliphatic heterocycles. The number of nitrogens with zero attached hydrogens (tertiary/aromatic N) is 1. The van der Waals surface area contributed by atoms with E-state index in [9.17, 15) is 4.79 Å². The third-order valence-corrected chi connectivity index (χ3v) is 2.48. The van der Waals surface area contributed by atoms with Crippen LogP contribution in [-0.2, 0) is 11.3 Å². The standard InChI is InChI=1S/C13H18N4O2/c1-13(2,3)19-12(18)15-7-8-4-5-9-10(6-8)16-17-11(9)14/h4-6H,7H2,1-3H3,(H,15,18)(H3,14,16,17). The zero-order valence-corrected chi connectivity index (χ0v) is 11.3. The van der Waals surface area contributed by atoms with Crippen molar-refractivity contribution in [1.82, 2.24) is 15.5 Å². The fourth-order valence-corrected chi connectivity index (χ4v) is 1.68. The van der Waals surface area contributed by atoms with Gasteiger partial charge in [-0.15, -0.1) is 0 Å². The number of nitrogens with one attached hydrogen (secondary N) is 2. The van der Waals surface area contributed by atoms with Gasteiger partial charge in [-0.1, -0.05) is 6.07 Å². The molecule has 1 heterocycles. The molecule has 19 heavy (non-hydrogen) atoms. The summed E-state index contributed by atoms with van der Waals surface area (Å²) >= 11 is 0. The summed E-state index contributed by atoms with van der Waals surface area (Å²) < 4.78 is 5.16. The molecule has 0 unspecified atom stereocenters. The van der Waals surface area contributed by atoms with Crippen molar-refractivity contribution in [3.05, 3.63) is 23.8 Å². The molecule has 0 fully saturated rings. The zero-order chi connectivity index (χ0) is 14.0. The highest BCUT2D eigenvalue weighted by molar-refractivity contribution is 5.88. The molecule has 1 aromatic heterocycles. The Hall–Kier alpha value is -2.24. The van der Waals surface area contributed by atoms with Gasteiger partial charge in [0.05, 0.1) is 5.52 Å². The average Bonchev–Trinajstić information content (AvgIpc) is 2.66. The number of anilines is 1. The van der Waals surface area contributed by atoms with Gasteiger partial charge in [0.2, 0.25) is 0 Å². The van der Waals surface area contributed by atoms with Gasteiger partial charge in [0, 0.05) is 11.9 Å². The van der Waals surface area contributed by atoms with Crippen molar-refractivity contribution in [2.75, 3.05) is 5.73 Å². The van der Waals surface area contributed by atoms with Crippen LogP contribution in [0.4, 0.5) is 10.6 Å². The third-order valence-electron chi connectivity index (χ3n) is 2.48. The predicted molar refractivity (Wildman–Crippen MR) is 73.6 cm³/mol. The number of ether oxygens (including phenoxy) is 1. The molecule has 1 aromatic carbocycles. The van der Waals surface area contributed by atoms with E-state index in [-0.39, 0.29) is 0 Å². The van der Waals surface area contributed by atoms with Gasteiger partial charge >= 0.3 is 6.09 Å². The largest absolute Gasteiger partial charge is 0.444 e. The summed E-state index contributed by atoms with van der Waals surface area (Å²) in [4.78, 5) is 11.5. The van der Waals surface area contributed by atoms with Gasteiger partial charge in [-0.3, -0.25) is 5.10 Å². The first-order chi connectivity index (χ1) is 8.85. The number of amides is 1. The van der Waals surface area contributed by atoms with E-state index in [2.05, 4.69) is 15.5 Å². The summed E-state index contributed by atoms with van der Waals surface area (Å²) in [6, 6.07) is 5.64. The van der Waals surface area contributed by atoms with Crippen LogP contribution in [0.2, 0.25) is 0 Å². The van der Waals surface area contributed by atoms with E-state index in [1.807, 2.05) is 39.0 Å². The maximum atomic E-state index is 11.5. The second kappa shape index (κ2) is 4.79. The van der Waals surface area contributed by atoms with Crippen molar-refractivity contribution < 1.29 is 9.53 Å². The van der Waals surface area contributed by atoms with Gasteiger partial charge in [-0.25, -0.2) is 4.79 Å². The van der Waals surface area contributed by atoms with E-state index in [4.69, 9.17) is 10.5 Å². The Bertz CT molecular complexity index is 598. The number of alkyl carbamates (subject to hydrolysis) is 1. The zero-order valence-electron chi connectivity index (χ0n) is 11.3. The third kappa shape index (κ3) is 3.37. The number of nitrogens with two attached hydrogens (primary N) is 1. The molecule has 0 saturated heterocycles. The van der Waals surface area contributed by atoms with Crippen molar-refractivity contribution >= 4 is 22.8 Å². The van der Waals surface area contributed by atoms with Gasteiger partial charge in [-0.05, 0) is 38.5 Å². The molecule has 0 radical (unpaired) electrons. The number of nitrogen functional groups attached to an aromatic ring is 1. The van der Waals surface area contributed by atoms with Crippen molar-refractivity contribution in [2.45, 2.75) is 32.9 Å². The van der Waals surface area contributed by atoms with Crippen LogP contribution >= 0.6 is 0 Å². The second-order valence-electron chi connectivity index (χ2n) is 5.34. The summed E-state index contributed by atoms with van der Waals surface area (Å²) in [6.07, 6.45) is -0.436. The SMILES string of the molecule is CC(C)(C)OC(=O)NCc1ccc2c(N)[nH]nc2c1. The summed E-state index contributed by atoms with van der Waals surface area (Å²) in [5.41, 5.74) is 6.93. The molecule has 0 spiro atoms. The van der Waals surface area contributed by atoms with E-state index in [0.717, 1.165) is 16.5 Å². The Balaban J connectivity index is 2.00. The van der Waals surface area contributed by atoms with Crippen LogP contribution in [0, 0.1) is 0 Å². The fourth-order valence-electron chi connectivity index (χ4n) is 1.68. The smallest absolute Gasteiger partial charge is 0.407 e. The van der Waals surface area contributed by atoms with Gasteiger partial charge in [0.15, 0.2) is 0 Å². The van der Waals surface area contributed by atoms with E-state index < -0.39 is 11.7 Å². The number of H-pyrrole nitrogens is 1. The molecule has 0 aliphatic rings. The maximum absolute atomic E-state index is 11.5. The number of aromatic amines is 1. The Morgan fingerprint density at radius 1 is 1.47 bits per heavy atom. The van der Waals surface area contributed by atoms with Crippen molar-refractivity contribution in [3.8, 4) is 0 Å². The highest BCUT2D eigenvalue weighted by atomic mass is 16.6. The second-order valence-corrected chi connectivity index (χ2v) is 5.34. The highest BCUT2D eigenvalue weighted by Gasteiger charge is 2.15. The lowest BCUT2D eigenvalue weighted by molar-refractivity contribution is 0.0523. The van der Waals surface area contributed by atoms with Gasteiger partial charge in [-0.2, -0.15) is 5.10 Å². The molecule has 0 aliphatic carbocycles. The van der Waals surface area contributed by atoms with Crippen LogP contribution in [0.3, 0.4) is 0 Å². The molecule has 6 nitrogen and oxygen atoms in total. The quantitative estimate of drug-likeness (QED) is 0.773. The lowest BCUT2D eigenvalue weighted by Gasteiger charge is -2.19. The molecular weight excluding hydrogens is 244 g/mol. The highest BCUT2D eigenvalue weighted by Crippen LogP contribution is 2.18. The van der Waals surface area contributed by atoms with E-state index >= 15 is 0 Å². The van der Waals surface area contributed by atoms with Crippen LogP contribution in [-0.4, -0.2) is 21.9 Å². The first-order valence-electron chi connectivity index (χ1n) is 6.04. The number of aromatic nitrogens is 2. The molecule has 1 amide bonds. The minimum Gasteiger partial charge on any atom is -0.444 e. The van der Waals surface area contributed by atoms with Crippen molar-refractivity contribution in [3.63, 3.8) is 0 Å². The Morgan fingerprint density at radius 3 is 2.89 bits per heavy atom. The lowest BCUT2D eigenvalue weighted by Crippen LogP contribution is -2.32. The predicted octanol–water partition coefficient (Wildman–Crippen LogP) is 2.17. The Kier molecular flexibility index (Phi) is 3.33. The topological polar surface area (TPSA) is 93.0 Å². The molecule has 0 saturated carbocycles. The summed E-state index contributed by atoms with van der Waals surface area (Å²) in [5.74, 6) is 0.543. The van der Waals surface area contributed by atoms with Crippen LogP contribution in [0.1, 0.15) is 26.3 Å². The number of benzene rings is 1. The van der Waals surface area contributed by atoms with Crippen LogP contribution in [0.15, 0.2) is 18.2 Å². The maximum Gasteiger partial charge on any atom is 0.407 e. The Morgan fingerprint density at radius 2 is 2.21 bits per heavy atom. The summed E-state index contributed by atoms with van der Waals surface area (Å²) in [5, 5.41) is 10.4. The number of carbonyl (C=O) groups excluding carboxylic acids is 1. The van der Waals surface area contributed by atoms with Crippen LogP contribution < -0.4 is 11.1 Å². The molecular formula is C13H18N4O2. The number of rotatable bonds is 2. The molecule has 4 N–H and O–H groups in total. The molecule has 0 bridgehead atoms. The van der Waals surface area contributed by atoms with Crippen LogP contribution in [0.25, 0.3) is 10.9 Å². The summed E-state index contributed by atoms with van der Waals surface area (Å²) in [7, 11) is 0.